The van der Waals surface area contributed by atoms with Crippen LogP contribution in [0.1, 0.15) is 17.3 Å². The molecule has 0 bridgehead atoms. The van der Waals surface area contributed by atoms with Crippen molar-refractivity contribution in [1.82, 2.24) is 15.2 Å². The Bertz CT molecular complexity index is 469. The lowest BCUT2D eigenvalue weighted by Crippen LogP contribution is -2.45. The van der Waals surface area contributed by atoms with Gasteiger partial charge in [-0.2, -0.15) is 0 Å². The van der Waals surface area contributed by atoms with E-state index in [1.54, 1.807) is 11.3 Å². The molecule has 1 N–H and O–H groups in total. The van der Waals surface area contributed by atoms with Crippen LogP contribution in [0.4, 0.5) is 0 Å². The van der Waals surface area contributed by atoms with E-state index in [0.717, 1.165) is 26.2 Å². The van der Waals surface area contributed by atoms with Gasteiger partial charge in [0.25, 0.3) is 0 Å². The zero-order valence-electron chi connectivity index (χ0n) is 10.2. The summed E-state index contributed by atoms with van der Waals surface area (Å²) in [5.41, 5.74) is 4.49. The molecule has 3 rings (SSSR count). The molecule has 0 radical (unpaired) electrons. The lowest BCUT2D eigenvalue weighted by molar-refractivity contribution is 0.151. The molecule has 1 aromatic carbocycles. The molecule has 0 amide bonds. The highest BCUT2D eigenvalue weighted by Crippen LogP contribution is 2.23. The highest BCUT2D eigenvalue weighted by atomic mass is 32.1. The van der Waals surface area contributed by atoms with Gasteiger partial charge in [-0.05, 0) is 5.56 Å². The van der Waals surface area contributed by atoms with Crippen molar-refractivity contribution < 1.29 is 0 Å². The van der Waals surface area contributed by atoms with E-state index in [1.807, 2.05) is 5.51 Å². The summed E-state index contributed by atoms with van der Waals surface area (Å²) in [4.78, 5) is 6.98. The molecule has 2 heterocycles. The maximum absolute atomic E-state index is 4.47. The molecule has 0 spiro atoms. The Hall–Kier alpha value is -1.23. The summed E-state index contributed by atoms with van der Waals surface area (Å²) in [6, 6.07) is 11.1. The topological polar surface area (TPSA) is 28.2 Å². The predicted octanol–water partition coefficient (Wildman–Crippen LogP) is 2.29. The number of hydrogen-bond donors (Lipinski definition) is 1. The first kappa shape index (κ1) is 11.8. The first-order chi connectivity index (χ1) is 8.93. The molecule has 0 saturated carbocycles. The van der Waals surface area contributed by atoms with Crippen molar-refractivity contribution in [2.45, 2.75) is 12.6 Å². The molecule has 4 heteroatoms. The van der Waals surface area contributed by atoms with Crippen molar-refractivity contribution >= 4 is 11.3 Å². The fraction of sp³-hybridized carbons (Fsp3) is 0.357. The molecule has 3 nitrogen and oxygen atoms in total. The van der Waals surface area contributed by atoms with E-state index in [0.29, 0.717) is 6.04 Å². The minimum absolute atomic E-state index is 0.408. The third kappa shape index (κ3) is 2.61. The lowest BCUT2D eigenvalue weighted by atomic mass is 10.1. The molecule has 1 aromatic heterocycles. The first-order valence-electron chi connectivity index (χ1n) is 6.30. The van der Waals surface area contributed by atoms with Crippen molar-refractivity contribution in [1.29, 1.82) is 0 Å². The van der Waals surface area contributed by atoms with Crippen molar-refractivity contribution in [2.75, 3.05) is 19.6 Å². The smallest absolute Gasteiger partial charge is 0.0795 e. The van der Waals surface area contributed by atoms with Crippen LogP contribution >= 0.6 is 11.3 Å². The quantitative estimate of drug-likeness (QED) is 0.916. The van der Waals surface area contributed by atoms with Gasteiger partial charge in [0.15, 0.2) is 0 Å². The number of nitrogens with one attached hydrogen (secondary N) is 1. The van der Waals surface area contributed by atoms with E-state index in [-0.39, 0.29) is 0 Å². The molecular weight excluding hydrogens is 242 g/mol. The highest BCUT2D eigenvalue weighted by molar-refractivity contribution is 7.07. The average Bonchev–Trinajstić information content (AvgIpc) is 2.94. The average molecular weight is 259 g/mol. The minimum Gasteiger partial charge on any atom is -0.313 e. The number of piperazine rings is 1. The Kier molecular flexibility index (Phi) is 3.69. The summed E-state index contributed by atoms with van der Waals surface area (Å²) >= 11 is 1.68. The van der Waals surface area contributed by atoms with E-state index in [2.05, 4.69) is 50.9 Å². The number of aromatic nitrogens is 1. The largest absolute Gasteiger partial charge is 0.313 e. The second-order valence-corrected chi connectivity index (χ2v) is 5.31. The van der Waals surface area contributed by atoms with Crippen LogP contribution in [0.25, 0.3) is 0 Å². The minimum atomic E-state index is 0.408. The third-order valence-corrected chi connectivity index (χ3v) is 3.98. The van der Waals surface area contributed by atoms with Crippen LogP contribution in [-0.2, 0) is 6.54 Å². The number of nitrogens with zero attached hydrogens (tertiary/aromatic N) is 2. The fourth-order valence-corrected chi connectivity index (χ4v) is 3.03. The third-order valence-electron chi connectivity index (χ3n) is 3.38. The monoisotopic (exact) mass is 259 g/mol. The van der Waals surface area contributed by atoms with Crippen LogP contribution in [0.15, 0.2) is 41.2 Å². The molecular formula is C14H17N3S. The van der Waals surface area contributed by atoms with Crippen LogP contribution in [-0.4, -0.2) is 29.5 Å². The van der Waals surface area contributed by atoms with Crippen molar-refractivity contribution in [3.63, 3.8) is 0 Å². The van der Waals surface area contributed by atoms with Crippen LogP contribution < -0.4 is 5.32 Å². The number of hydrogen-bond acceptors (Lipinski definition) is 4. The molecule has 18 heavy (non-hydrogen) atoms. The van der Waals surface area contributed by atoms with Crippen LogP contribution in [0.2, 0.25) is 0 Å². The number of rotatable bonds is 3. The van der Waals surface area contributed by atoms with Crippen molar-refractivity contribution in [3.05, 3.63) is 52.5 Å². The normalized spacial score (nSPS) is 21.0. The van der Waals surface area contributed by atoms with E-state index >= 15 is 0 Å². The molecule has 94 valence electrons. The first-order valence-corrected chi connectivity index (χ1v) is 7.24. The van der Waals surface area contributed by atoms with Gasteiger partial charge in [0.2, 0.25) is 0 Å². The Morgan fingerprint density at radius 3 is 3.00 bits per heavy atom. The Labute approximate surface area is 111 Å². The van der Waals surface area contributed by atoms with Crippen LogP contribution in [0, 0.1) is 0 Å². The van der Waals surface area contributed by atoms with Crippen LogP contribution in [0.3, 0.4) is 0 Å². The Morgan fingerprint density at radius 1 is 1.33 bits per heavy atom. The number of benzene rings is 1. The van der Waals surface area contributed by atoms with Crippen molar-refractivity contribution in [3.8, 4) is 0 Å². The molecule has 2 aromatic rings. The van der Waals surface area contributed by atoms with E-state index in [4.69, 9.17) is 0 Å². The summed E-state index contributed by atoms with van der Waals surface area (Å²) in [5.74, 6) is 0. The van der Waals surface area contributed by atoms with Gasteiger partial charge in [0.05, 0.1) is 17.2 Å². The Morgan fingerprint density at radius 2 is 2.22 bits per heavy atom. The van der Waals surface area contributed by atoms with Gasteiger partial charge in [-0.25, -0.2) is 4.98 Å². The molecule has 1 aliphatic heterocycles. The highest BCUT2D eigenvalue weighted by Gasteiger charge is 2.24. The van der Waals surface area contributed by atoms with Gasteiger partial charge >= 0.3 is 0 Å². The van der Waals surface area contributed by atoms with Gasteiger partial charge in [0, 0.05) is 31.6 Å². The summed E-state index contributed by atoms with van der Waals surface area (Å²) in [7, 11) is 0. The molecule has 1 saturated heterocycles. The fourth-order valence-electron chi connectivity index (χ4n) is 2.43. The van der Waals surface area contributed by atoms with E-state index < -0.39 is 0 Å². The summed E-state index contributed by atoms with van der Waals surface area (Å²) in [6.45, 7) is 4.14. The predicted molar refractivity (Wildman–Crippen MR) is 74.6 cm³/mol. The lowest BCUT2D eigenvalue weighted by Gasteiger charge is -2.35. The van der Waals surface area contributed by atoms with Gasteiger partial charge in [-0.3, -0.25) is 4.90 Å². The van der Waals surface area contributed by atoms with Gasteiger partial charge in [-0.1, -0.05) is 30.3 Å². The SMILES string of the molecule is c1ccc(CN2CCNCC2c2cscn2)cc1. The summed E-state index contributed by atoms with van der Waals surface area (Å²) in [5, 5.41) is 5.62. The second kappa shape index (κ2) is 5.61. The van der Waals surface area contributed by atoms with Gasteiger partial charge in [-0.15, -0.1) is 11.3 Å². The van der Waals surface area contributed by atoms with E-state index in [9.17, 15) is 0 Å². The van der Waals surface area contributed by atoms with Gasteiger partial charge in [0.1, 0.15) is 0 Å². The zero-order valence-corrected chi connectivity index (χ0v) is 11.1. The molecule has 1 aliphatic rings. The van der Waals surface area contributed by atoms with Crippen LogP contribution in [0.5, 0.6) is 0 Å². The Balaban J connectivity index is 1.76. The maximum Gasteiger partial charge on any atom is 0.0795 e. The molecule has 1 atom stereocenters. The maximum atomic E-state index is 4.47. The van der Waals surface area contributed by atoms with Crippen molar-refractivity contribution in [2.24, 2.45) is 0 Å². The second-order valence-electron chi connectivity index (χ2n) is 4.59. The van der Waals surface area contributed by atoms with Gasteiger partial charge < -0.3 is 5.32 Å². The molecule has 0 aliphatic carbocycles. The molecule has 1 fully saturated rings. The zero-order chi connectivity index (χ0) is 12.2. The molecule has 1 unspecified atom stereocenters. The number of thiazole rings is 1. The summed E-state index contributed by atoms with van der Waals surface area (Å²) < 4.78 is 0. The summed E-state index contributed by atoms with van der Waals surface area (Å²) in [6.07, 6.45) is 0. The standard InChI is InChI=1S/C14H17N3S/c1-2-4-12(5-3-1)9-17-7-6-15-8-14(17)13-10-18-11-16-13/h1-5,10-11,14-15H,6-9H2. The van der Waals surface area contributed by atoms with E-state index in [1.165, 1.54) is 11.3 Å².